The van der Waals surface area contributed by atoms with Crippen LogP contribution in [0.5, 0.6) is 0 Å². The molecule has 0 aliphatic rings. The minimum atomic E-state index is -0.317. The van der Waals surface area contributed by atoms with Gasteiger partial charge < -0.3 is 4.42 Å². The van der Waals surface area contributed by atoms with Gasteiger partial charge in [-0.15, -0.1) is 10.2 Å². The standard InChI is InChI=1S/C16H12F2N2OS/c1-10(11-2-6-13(17)7-3-11)22-16-20-19-15(21-16)12-4-8-14(18)9-5-12/h2-10H,1H3/t10-/m0/s1. The van der Waals surface area contributed by atoms with Gasteiger partial charge in [0.1, 0.15) is 11.6 Å². The van der Waals surface area contributed by atoms with Crippen LogP contribution in [0.25, 0.3) is 11.5 Å². The van der Waals surface area contributed by atoms with Crippen LogP contribution in [0, 0.1) is 11.6 Å². The minimum absolute atomic E-state index is 0.0436. The Morgan fingerprint density at radius 3 is 2.14 bits per heavy atom. The molecule has 0 aliphatic carbocycles. The van der Waals surface area contributed by atoms with Crippen LogP contribution in [0.2, 0.25) is 0 Å². The topological polar surface area (TPSA) is 38.9 Å². The van der Waals surface area contributed by atoms with Crippen molar-refractivity contribution < 1.29 is 13.2 Å². The van der Waals surface area contributed by atoms with Gasteiger partial charge in [0, 0.05) is 10.8 Å². The third-order valence-corrected chi connectivity index (χ3v) is 4.11. The Balaban J connectivity index is 1.73. The highest BCUT2D eigenvalue weighted by Gasteiger charge is 2.14. The Morgan fingerprint density at radius 2 is 1.50 bits per heavy atom. The van der Waals surface area contributed by atoms with E-state index in [1.165, 1.54) is 36.0 Å². The van der Waals surface area contributed by atoms with Crippen LogP contribution in [0.15, 0.2) is 58.2 Å². The van der Waals surface area contributed by atoms with Crippen LogP contribution in [0.4, 0.5) is 8.78 Å². The van der Waals surface area contributed by atoms with E-state index < -0.39 is 0 Å². The lowest BCUT2D eigenvalue weighted by atomic mass is 10.2. The molecule has 1 atom stereocenters. The second-order valence-corrected chi connectivity index (χ2v) is 5.98. The van der Waals surface area contributed by atoms with Gasteiger partial charge in [-0.25, -0.2) is 8.78 Å². The third-order valence-electron chi connectivity index (χ3n) is 3.11. The fourth-order valence-electron chi connectivity index (χ4n) is 1.92. The number of thioether (sulfide) groups is 1. The molecule has 0 saturated heterocycles. The second-order valence-electron chi connectivity index (χ2n) is 4.69. The predicted octanol–water partition coefficient (Wildman–Crippen LogP) is 4.87. The number of nitrogens with zero attached hydrogens (tertiary/aromatic N) is 2. The first kappa shape index (κ1) is 14.7. The van der Waals surface area contributed by atoms with E-state index >= 15 is 0 Å². The van der Waals surface area contributed by atoms with Crippen molar-refractivity contribution >= 4 is 11.8 Å². The Morgan fingerprint density at radius 1 is 0.909 bits per heavy atom. The van der Waals surface area contributed by atoms with Crippen molar-refractivity contribution in [2.75, 3.05) is 0 Å². The molecule has 0 aliphatic heterocycles. The van der Waals surface area contributed by atoms with Gasteiger partial charge in [0.05, 0.1) is 0 Å². The van der Waals surface area contributed by atoms with Crippen LogP contribution in [-0.2, 0) is 0 Å². The molecule has 6 heteroatoms. The molecule has 0 radical (unpaired) electrons. The molecule has 1 aromatic heterocycles. The normalized spacial score (nSPS) is 12.3. The van der Waals surface area contributed by atoms with Gasteiger partial charge in [-0.3, -0.25) is 0 Å². The monoisotopic (exact) mass is 318 g/mol. The number of hydrogen-bond donors (Lipinski definition) is 0. The maximum Gasteiger partial charge on any atom is 0.277 e. The zero-order chi connectivity index (χ0) is 15.5. The van der Waals surface area contributed by atoms with Crippen LogP contribution in [0.3, 0.4) is 0 Å². The molecule has 2 aromatic carbocycles. The molecule has 0 saturated carbocycles. The average Bonchev–Trinajstić information content (AvgIpc) is 2.97. The van der Waals surface area contributed by atoms with Gasteiger partial charge in [-0.1, -0.05) is 23.9 Å². The molecular weight excluding hydrogens is 306 g/mol. The van der Waals surface area contributed by atoms with Crippen molar-refractivity contribution in [3.63, 3.8) is 0 Å². The highest BCUT2D eigenvalue weighted by atomic mass is 32.2. The molecule has 22 heavy (non-hydrogen) atoms. The number of aromatic nitrogens is 2. The molecule has 0 spiro atoms. The number of benzene rings is 2. The number of halogens is 2. The van der Waals surface area contributed by atoms with Crippen molar-refractivity contribution in [2.24, 2.45) is 0 Å². The summed E-state index contributed by atoms with van der Waals surface area (Å²) in [5, 5.41) is 8.39. The van der Waals surface area contributed by atoms with E-state index in [0.29, 0.717) is 16.7 Å². The summed E-state index contributed by atoms with van der Waals surface area (Å²) in [6.45, 7) is 1.97. The first-order valence-electron chi connectivity index (χ1n) is 6.63. The van der Waals surface area contributed by atoms with Crippen LogP contribution >= 0.6 is 11.8 Å². The Labute approximate surface area is 130 Å². The molecule has 0 amide bonds. The first-order chi connectivity index (χ1) is 10.6. The highest BCUT2D eigenvalue weighted by molar-refractivity contribution is 7.99. The van der Waals surface area contributed by atoms with E-state index in [2.05, 4.69) is 10.2 Å². The van der Waals surface area contributed by atoms with Gasteiger partial charge in [-0.05, 0) is 48.9 Å². The van der Waals surface area contributed by atoms with Crippen molar-refractivity contribution in [3.8, 4) is 11.5 Å². The largest absolute Gasteiger partial charge is 0.411 e. The van der Waals surface area contributed by atoms with Gasteiger partial charge in [0.2, 0.25) is 5.89 Å². The average molecular weight is 318 g/mol. The zero-order valence-electron chi connectivity index (χ0n) is 11.7. The van der Waals surface area contributed by atoms with Crippen molar-refractivity contribution in [3.05, 3.63) is 65.7 Å². The minimum Gasteiger partial charge on any atom is -0.411 e. The van der Waals surface area contributed by atoms with Gasteiger partial charge >= 0.3 is 0 Å². The van der Waals surface area contributed by atoms with Crippen LogP contribution < -0.4 is 0 Å². The molecule has 1 heterocycles. The van der Waals surface area contributed by atoms with Gasteiger partial charge in [0.25, 0.3) is 5.22 Å². The van der Waals surface area contributed by atoms with Crippen LogP contribution in [0.1, 0.15) is 17.7 Å². The molecule has 0 bridgehead atoms. The molecule has 3 aromatic rings. The predicted molar refractivity (Wildman–Crippen MR) is 80.4 cm³/mol. The molecule has 3 rings (SSSR count). The molecule has 0 N–H and O–H groups in total. The summed E-state index contributed by atoms with van der Waals surface area (Å²) in [6.07, 6.45) is 0. The molecule has 3 nitrogen and oxygen atoms in total. The summed E-state index contributed by atoms with van der Waals surface area (Å²) in [5.41, 5.74) is 1.63. The summed E-state index contributed by atoms with van der Waals surface area (Å²) in [4.78, 5) is 0. The SMILES string of the molecule is C[C@H](Sc1nnc(-c2ccc(F)cc2)o1)c1ccc(F)cc1. The van der Waals surface area contributed by atoms with Crippen LogP contribution in [-0.4, -0.2) is 10.2 Å². The van der Waals surface area contributed by atoms with Gasteiger partial charge in [0.15, 0.2) is 0 Å². The van der Waals surface area contributed by atoms with Crippen molar-refractivity contribution in [2.45, 2.75) is 17.4 Å². The third kappa shape index (κ3) is 3.33. The fraction of sp³-hybridized carbons (Fsp3) is 0.125. The van der Waals surface area contributed by atoms with E-state index in [1.807, 2.05) is 6.92 Å². The van der Waals surface area contributed by atoms with E-state index in [1.54, 1.807) is 24.3 Å². The van der Waals surface area contributed by atoms with E-state index in [4.69, 9.17) is 4.42 Å². The van der Waals surface area contributed by atoms with E-state index in [0.717, 1.165) is 5.56 Å². The summed E-state index contributed by atoms with van der Waals surface area (Å²) >= 11 is 1.38. The number of rotatable bonds is 4. The van der Waals surface area contributed by atoms with Gasteiger partial charge in [-0.2, -0.15) is 0 Å². The lowest BCUT2D eigenvalue weighted by Crippen LogP contribution is -1.88. The fourth-order valence-corrected chi connectivity index (χ4v) is 2.73. The summed E-state index contributed by atoms with van der Waals surface area (Å²) in [5.74, 6) is -0.242. The summed E-state index contributed by atoms with van der Waals surface area (Å²) < 4.78 is 31.4. The zero-order valence-corrected chi connectivity index (χ0v) is 12.5. The molecule has 0 unspecified atom stereocenters. The lowest BCUT2D eigenvalue weighted by Gasteiger charge is -2.08. The van der Waals surface area contributed by atoms with E-state index in [-0.39, 0.29) is 16.9 Å². The Bertz CT molecular complexity index is 757. The maximum absolute atomic E-state index is 12.9. The smallest absolute Gasteiger partial charge is 0.277 e. The summed E-state index contributed by atoms with van der Waals surface area (Å²) in [6, 6.07) is 12.1. The Hall–Kier alpha value is -2.21. The molecular formula is C16H12F2N2OS. The lowest BCUT2D eigenvalue weighted by molar-refractivity contribution is 0.465. The molecule has 112 valence electrons. The second kappa shape index (κ2) is 6.27. The van der Waals surface area contributed by atoms with Crippen molar-refractivity contribution in [1.82, 2.24) is 10.2 Å². The molecule has 0 fully saturated rings. The van der Waals surface area contributed by atoms with Crippen molar-refractivity contribution in [1.29, 1.82) is 0 Å². The first-order valence-corrected chi connectivity index (χ1v) is 7.51. The summed E-state index contributed by atoms with van der Waals surface area (Å²) in [7, 11) is 0. The number of hydrogen-bond acceptors (Lipinski definition) is 4. The Kier molecular flexibility index (Phi) is 4.20. The maximum atomic E-state index is 12.9. The quantitative estimate of drug-likeness (QED) is 0.643. The van der Waals surface area contributed by atoms with E-state index in [9.17, 15) is 8.78 Å². The highest BCUT2D eigenvalue weighted by Crippen LogP contribution is 2.35.